The number of hydrogen-bond donors (Lipinski definition) is 1. The molecule has 0 saturated heterocycles. The van der Waals surface area contributed by atoms with Crippen LogP contribution in [0.25, 0.3) is 88.6 Å². The molecular formula is C62H62N4O. The van der Waals surface area contributed by atoms with Crippen LogP contribution in [0, 0.1) is 0 Å². The fourth-order valence-electron chi connectivity index (χ4n) is 11.1. The number of pyridine rings is 2. The van der Waals surface area contributed by atoms with Crippen molar-refractivity contribution < 1.29 is 5.11 Å². The molecule has 0 saturated carbocycles. The van der Waals surface area contributed by atoms with Crippen LogP contribution in [0.5, 0.6) is 5.75 Å². The summed E-state index contributed by atoms with van der Waals surface area (Å²) in [5, 5.41) is 16.3. The molecule has 4 aromatic heterocycles. The zero-order valence-electron chi connectivity index (χ0n) is 41.4. The van der Waals surface area contributed by atoms with Crippen molar-refractivity contribution in [3.63, 3.8) is 0 Å². The van der Waals surface area contributed by atoms with Gasteiger partial charge in [-0.25, -0.2) is 4.98 Å². The summed E-state index contributed by atoms with van der Waals surface area (Å²) in [6.45, 7) is 29.7. The molecule has 67 heavy (non-hydrogen) atoms. The number of phenols is 1. The summed E-state index contributed by atoms with van der Waals surface area (Å²) in [6.07, 6.45) is 2.01. The maximum absolute atomic E-state index is 12.6. The number of phenolic OH excluding ortho intramolecular Hbond substituents is 1. The molecule has 0 radical (unpaired) electrons. The van der Waals surface area contributed by atoms with Gasteiger partial charge in [-0.1, -0.05) is 169 Å². The zero-order valence-corrected chi connectivity index (χ0v) is 41.4. The maximum Gasteiger partial charge on any atom is 0.149 e. The van der Waals surface area contributed by atoms with Gasteiger partial charge in [0.15, 0.2) is 0 Å². The molecule has 0 atom stereocenters. The third-order valence-electron chi connectivity index (χ3n) is 15.6. The Morgan fingerprint density at radius 2 is 1.19 bits per heavy atom. The van der Waals surface area contributed by atoms with Crippen molar-refractivity contribution in [1.82, 2.24) is 18.9 Å². The van der Waals surface area contributed by atoms with Crippen molar-refractivity contribution in [3.8, 4) is 45.1 Å². The monoisotopic (exact) mass is 878 g/mol. The Hall–Kier alpha value is -6.72. The Labute approximate surface area is 395 Å². The normalized spacial score (nSPS) is 14.9. The van der Waals surface area contributed by atoms with Gasteiger partial charge in [0.2, 0.25) is 0 Å². The van der Waals surface area contributed by atoms with E-state index in [1.165, 1.54) is 38.5 Å². The highest BCUT2D eigenvalue weighted by molar-refractivity contribution is 6.19. The standard InChI is InChI=1S/C62H62N4O/c1-58(2,3)38-27-29-48(42(33-38)36-20-15-14-16-21-36)66-50-25-19-23-40(53(50)64-57(66)44-34-39(59(4,5)6)35-46(56(44)67)60(7,8)9)37-26-28-49-43(32-37)54-51-45(30-31-63-54)61(10,11)62(12,13)52-41-22-17-18-24-47(41)65(49)55(51)52/h14-35,67H,1-13H3. The average Bonchev–Trinajstić information content (AvgIpc) is 3.85. The van der Waals surface area contributed by atoms with E-state index in [-0.39, 0.29) is 32.8 Å². The van der Waals surface area contributed by atoms with Crippen molar-refractivity contribution in [2.24, 2.45) is 0 Å². The minimum absolute atomic E-state index is 0.0729. The van der Waals surface area contributed by atoms with Crippen LogP contribution in [0.4, 0.5) is 0 Å². The minimum atomic E-state index is -0.323. The van der Waals surface area contributed by atoms with Crippen LogP contribution in [0.15, 0.2) is 134 Å². The number of rotatable bonds is 4. The SMILES string of the molecule is CC(C)(C)c1ccc(-n2c(-c3cc(C(C)(C)C)cc(C(C)(C)C)c3O)nc3c(-c4ccc5c(c4)c4nccc6c4c4c(c7ccccc7n54)C(C)(C)C6(C)C)cccc32)c(-c2ccccc2)c1. The summed E-state index contributed by atoms with van der Waals surface area (Å²) in [6, 6.07) is 46.5. The van der Waals surface area contributed by atoms with Gasteiger partial charge in [-0.15, -0.1) is 0 Å². The molecular weight excluding hydrogens is 817 g/mol. The lowest BCUT2D eigenvalue weighted by atomic mass is 9.57. The van der Waals surface area contributed by atoms with E-state index in [0.29, 0.717) is 5.82 Å². The molecule has 0 bridgehead atoms. The first-order valence-corrected chi connectivity index (χ1v) is 24.0. The first-order chi connectivity index (χ1) is 31.6. The second-order valence-corrected chi connectivity index (χ2v) is 23.4. The van der Waals surface area contributed by atoms with Crippen LogP contribution in [-0.2, 0) is 27.1 Å². The molecule has 6 aromatic carbocycles. The molecule has 5 heteroatoms. The minimum Gasteiger partial charge on any atom is -0.507 e. The van der Waals surface area contributed by atoms with Crippen LogP contribution >= 0.6 is 0 Å². The largest absolute Gasteiger partial charge is 0.507 e. The fourth-order valence-corrected chi connectivity index (χ4v) is 11.1. The Morgan fingerprint density at radius 3 is 1.91 bits per heavy atom. The van der Waals surface area contributed by atoms with Crippen molar-refractivity contribution >= 4 is 49.3 Å². The highest BCUT2D eigenvalue weighted by atomic mass is 16.3. The van der Waals surface area contributed by atoms with Gasteiger partial charge >= 0.3 is 0 Å². The summed E-state index contributed by atoms with van der Waals surface area (Å²) in [5.74, 6) is 0.968. The molecule has 1 N–H and O–H groups in total. The molecule has 0 fully saturated rings. The van der Waals surface area contributed by atoms with Gasteiger partial charge in [-0.3, -0.25) is 9.55 Å². The van der Waals surface area contributed by atoms with E-state index in [4.69, 9.17) is 9.97 Å². The molecule has 5 nitrogen and oxygen atoms in total. The number of benzene rings is 6. The van der Waals surface area contributed by atoms with E-state index < -0.39 is 0 Å². The van der Waals surface area contributed by atoms with Crippen LogP contribution in [0.2, 0.25) is 0 Å². The van der Waals surface area contributed by atoms with E-state index in [1.807, 2.05) is 6.20 Å². The van der Waals surface area contributed by atoms with Gasteiger partial charge in [0.05, 0.1) is 44.4 Å². The van der Waals surface area contributed by atoms with Crippen molar-refractivity contribution in [2.45, 2.75) is 117 Å². The first kappa shape index (κ1) is 42.9. The Balaban J connectivity index is 1.26. The summed E-state index contributed by atoms with van der Waals surface area (Å²) < 4.78 is 4.81. The van der Waals surface area contributed by atoms with Gasteiger partial charge in [0.25, 0.3) is 0 Å². The number of para-hydroxylation sites is 2. The second-order valence-electron chi connectivity index (χ2n) is 23.4. The molecule has 4 heterocycles. The molecule has 0 aliphatic heterocycles. The van der Waals surface area contributed by atoms with E-state index in [9.17, 15) is 5.11 Å². The summed E-state index contributed by atoms with van der Waals surface area (Å²) in [7, 11) is 0. The number of imidazole rings is 1. The second kappa shape index (κ2) is 14.2. The fraction of sp³-hybridized carbons (Fsp3) is 0.290. The third kappa shape index (κ3) is 6.19. The predicted octanol–water partition coefficient (Wildman–Crippen LogP) is 16.3. The quantitative estimate of drug-likeness (QED) is 0.179. The van der Waals surface area contributed by atoms with Crippen molar-refractivity contribution in [2.75, 3.05) is 0 Å². The topological polar surface area (TPSA) is 55.3 Å². The highest BCUT2D eigenvalue weighted by Gasteiger charge is 2.47. The molecule has 11 rings (SSSR count). The molecule has 1 aliphatic rings. The van der Waals surface area contributed by atoms with Gasteiger partial charge < -0.3 is 9.51 Å². The van der Waals surface area contributed by atoms with Gasteiger partial charge in [0.1, 0.15) is 11.6 Å². The van der Waals surface area contributed by atoms with Crippen LogP contribution in [0.3, 0.4) is 0 Å². The maximum atomic E-state index is 12.6. The lowest BCUT2D eigenvalue weighted by Crippen LogP contribution is -2.42. The van der Waals surface area contributed by atoms with Crippen LogP contribution in [0.1, 0.15) is 118 Å². The lowest BCUT2D eigenvalue weighted by Gasteiger charge is -2.46. The summed E-state index contributed by atoms with van der Waals surface area (Å²) >= 11 is 0. The van der Waals surface area contributed by atoms with Crippen LogP contribution < -0.4 is 0 Å². The third-order valence-corrected chi connectivity index (χ3v) is 15.6. The Kier molecular flexibility index (Phi) is 9.06. The number of aromatic nitrogens is 4. The molecule has 0 spiro atoms. The predicted molar refractivity (Wildman–Crippen MR) is 282 cm³/mol. The van der Waals surface area contributed by atoms with E-state index in [0.717, 1.165) is 72.1 Å². The van der Waals surface area contributed by atoms with Crippen molar-refractivity contribution in [1.29, 1.82) is 0 Å². The molecule has 10 aromatic rings. The van der Waals surface area contributed by atoms with Gasteiger partial charge in [0, 0.05) is 44.5 Å². The zero-order chi connectivity index (χ0) is 47.3. The first-order valence-electron chi connectivity index (χ1n) is 24.0. The van der Waals surface area contributed by atoms with E-state index >= 15 is 0 Å². The lowest BCUT2D eigenvalue weighted by molar-refractivity contribution is 0.306. The molecule has 0 unspecified atom stereocenters. The summed E-state index contributed by atoms with van der Waals surface area (Å²) in [5.41, 5.74) is 17.7. The number of hydrogen-bond acceptors (Lipinski definition) is 3. The van der Waals surface area contributed by atoms with E-state index in [2.05, 4.69) is 226 Å². The molecule has 0 amide bonds. The smallest absolute Gasteiger partial charge is 0.149 e. The Bertz CT molecular complexity index is 3690. The highest BCUT2D eigenvalue weighted by Crippen LogP contribution is 2.56. The van der Waals surface area contributed by atoms with Gasteiger partial charge in [-0.2, -0.15) is 0 Å². The summed E-state index contributed by atoms with van der Waals surface area (Å²) in [4.78, 5) is 11.0. The van der Waals surface area contributed by atoms with Gasteiger partial charge in [-0.05, 0) is 104 Å². The Morgan fingerprint density at radius 1 is 0.522 bits per heavy atom. The van der Waals surface area contributed by atoms with Crippen molar-refractivity contribution in [3.05, 3.63) is 161 Å². The van der Waals surface area contributed by atoms with E-state index in [1.54, 1.807) is 0 Å². The number of aromatic hydroxyl groups is 1. The molecule has 336 valence electrons. The average molecular weight is 879 g/mol. The number of nitrogens with zero attached hydrogens (tertiary/aromatic N) is 4. The number of fused-ring (bicyclic) bond motifs is 7. The molecule has 1 aliphatic carbocycles. The van der Waals surface area contributed by atoms with Crippen LogP contribution in [-0.4, -0.2) is 24.0 Å².